The first-order chi connectivity index (χ1) is 21.9. The van der Waals surface area contributed by atoms with Crippen molar-refractivity contribution in [3.05, 3.63) is 40.0 Å². The van der Waals surface area contributed by atoms with E-state index in [1.165, 1.54) is 19.2 Å². The lowest BCUT2D eigenvalue weighted by Crippen LogP contribution is -2.35. The largest absolute Gasteiger partial charge is 0.493 e. The highest BCUT2D eigenvalue weighted by Crippen LogP contribution is 2.37. The molecule has 0 fully saturated rings. The van der Waals surface area contributed by atoms with Crippen LogP contribution in [0.3, 0.4) is 0 Å². The Morgan fingerprint density at radius 1 is 0.935 bits per heavy atom. The minimum Gasteiger partial charge on any atom is -0.493 e. The first-order valence-corrected chi connectivity index (χ1v) is 14.2. The van der Waals surface area contributed by atoms with Gasteiger partial charge < -0.3 is 40.0 Å². The van der Waals surface area contributed by atoms with Gasteiger partial charge in [-0.25, -0.2) is 0 Å². The first-order valence-electron chi connectivity index (χ1n) is 14.2. The number of nitrogens with one attached hydrogen (secondary N) is 3. The van der Waals surface area contributed by atoms with Crippen LogP contribution in [0.25, 0.3) is 0 Å². The summed E-state index contributed by atoms with van der Waals surface area (Å²) in [6, 6.07) is 1.73. The molecule has 18 heteroatoms. The molecular formula is C28H37N5O13. The standard InChI is InChI=1S/C28H37N5O13/c1-18(31-24(35)7-9-32-26(37)5-6-27(32)38)19-14-21(43-2)22(15-20(19)33(41)42)46-10-3-4-23(34)29-8-11-44-12-13-45-17-25(36)30-16-28(39)40/h5-6,14-15,18H,3-4,7-13,16-17H2,1-2H3,(H,29,34)(H,30,36)(H,31,35)(H,39,40). The zero-order valence-corrected chi connectivity index (χ0v) is 25.4. The van der Waals surface area contributed by atoms with E-state index < -0.39 is 47.1 Å². The number of nitrogens with zero attached hydrogens (tertiary/aromatic N) is 2. The number of nitro benzene ring substituents is 1. The van der Waals surface area contributed by atoms with Crippen LogP contribution >= 0.6 is 0 Å². The van der Waals surface area contributed by atoms with Crippen molar-refractivity contribution in [2.24, 2.45) is 0 Å². The molecule has 252 valence electrons. The Morgan fingerprint density at radius 3 is 2.28 bits per heavy atom. The molecule has 18 nitrogen and oxygen atoms in total. The molecular weight excluding hydrogens is 614 g/mol. The average Bonchev–Trinajstić information content (AvgIpc) is 3.34. The summed E-state index contributed by atoms with van der Waals surface area (Å²) in [4.78, 5) is 81.6. The van der Waals surface area contributed by atoms with Gasteiger partial charge >= 0.3 is 5.97 Å². The second-order valence-electron chi connectivity index (χ2n) is 9.66. The van der Waals surface area contributed by atoms with Crippen LogP contribution in [0, 0.1) is 10.1 Å². The number of rotatable bonds is 22. The number of nitro groups is 1. The van der Waals surface area contributed by atoms with E-state index in [0.29, 0.717) is 0 Å². The topological polar surface area (TPSA) is 242 Å². The maximum absolute atomic E-state index is 12.4. The van der Waals surface area contributed by atoms with Gasteiger partial charge in [0.2, 0.25) is 17.7 Å². The van der Waals surface area contributed by atoms with Crippen LogP contribution in [0.2, 0.25) is 0 Å². The quantitative estimate of drug-likeness (QED) is 0.0541. The third-order valence-electron chi connectivity index (χ3n) is 6.23. The van der Waals surface area contributed by atoms with Crippen LogP contribution < -0.4 is 25.4 Å². The fourth-order valence-electron chi connectivity index (χ4n) is 3.97. The highest BCUT2D eigenvalue weighted by molar-refractivity contribution is 6.13. The lowest BCUT2D eigenvalue weighted by Gasteiger charge is -2.18. The number of methoxy groups -OCH3 is 1. The Bertz CT molecular complexity index is 1300. The summed E-state index contributed by atoms with van der Waals surface area (Å²) in [5.41, 5.74) is -0.186. The zero-order chi connectivity index (χ0) is 34.1. The van der Waals surface area contributed by atoms with Gasteiger partial charge in [0, 0.05) is 38.1 Å². The molecule has 0 aliphatic carbocycles. The molecule has 1 unspecified atom stereocenters. The van der Waals surface area contributed by atoms with Crippen molar-refractivity contribution in [1.29, 1.82) is 0 Å². The zero-order valence-electron chi connectivity index (χ0n) is 25.4. The van der Waals surface area contributed by atoms with Crippen LogP contribution in [0.15, 0.2) is 24.3 Å². The van der Waals surface area contributed by atoms with Gasteiger partial charge in [-0.05, 0) is 19.4 Å². The molecule has 2 rings (SSSR count). The second kappa shape index (κ2) is 19.3. The summed E-state index contributed by atoms with van der Waals surface area (Å²) < 4.78 is 21.3. The highest BCUT2D eigenvalue weighted by Gasteiger charge is 2.27. The van der Waals surface area contributed by atoms with Crippen molar-refractivity contribution in [3.63, 3.8) is 0 Å². The number of carbonyl (C=O) groups is 6. The van der Waals surface area contributed by atoms with Gasteiger partial charge in [0.05, 0.1) is 56.1 Å². The summed E-state index contributed by atoms with van der Waals surface area (Å²) in [5.74, 6) is -3.31. The second-order valence-corrected chi connectivity index (χ2v) is 9.66. The Kier molecular flexibility index (Phi) is 15.6. The van der Waals surface area contributed by atoms with E-state index in [2.05, 4.69) is 16.0 Å². The Labute approximate surface area is 263 Å². The molecule has 5 amide bonds. The normalized spacial score (nSPS) is 12.9. The van der Waals surface area contributed by atoms with E-state index in [9.17, 15) is 38.9 Å². The number of hydrogen-bond donors (Lipinski definition) is 4. The van der Waals surface area contributed by atoms with Gasteiger partial charge in [-0.1, -0.05) is 0 Å². The van der Waals surface area contributed by atoms with E-state index in [1.54, 1.807) is 6.92 Å². The Hall–Kier alpha value is -5.10. The molecule has 46 heavy (non-hydrogen) atoms. The van der Waals surface area contributed by atoms with Gasteiger partial charge in [-0.15, -0.1) is 0 Å². The highest BCUT2D eigenvalue weighted by atomic mass is 16.6. The molecule has 0 saturated heterocycles. The van der Waals surface area contributed by atoms with E-state index in [0.717, 1.165) is 17.1 Å². The third kappa shape index (κ3) is 12.9. The van der Waals surface area contributed by atoms with Crippen LogP contribution in [0.1, 0.15) is 37.8 Å². The molecule has 4 N–H and O–H groups in total. The molecule has 0 spiro atoms. The van der Waals surface area contributed by atoms with Gasteiger partial charge in [0.25, 0.3) is 17.5 Å². The number of hydrogen-bond acceptors (Lipinski definition) is 12. The summed E-state index contributed by atoms with van der Waals surface area (Å²) in [5, 5.41) is 27.7. The molecule has 1 aliphatic rings. The lowest BCUT2D eigenvalue weighted by molar-refractivity contribution is -0.385. The molecule has 0 radical (unpaired) electrons. The predicted octanol–water partition coefficient (Wildman–Crippen LogP) is -0.395. The SMILES string of the molecule is COc1cc(C(C)NC(=O)CCN2C(=O)C=CC2=O)c([N+](=O)[O-])cc1OCCCC(=O)NCCOCCOCC(=O)NCC(=O)O. The number of amides is 5. The fourth-order valence-corrected chi connectivity index (χ4v) is 3.97. The first kappa shape index (κ1) is 37.1. The smallest absolute Gasteiger partial charge is 0.322 e. The van der Waals surface area contributed by atoms with Crippen molar-refractivity contribution in [3.8, 4) is 11.5 Å². The maximum Gasteiger partial charge on any atom is 0.322 e. The minimum absolute atomic E-state index is 0.0449. The van der Waals surface area contributed by atoms with Crippen molar-refractivity contribution >= 4 is 41.2 Å². The third-order valence-corrected chi connectivity index (χ3v) is 6.23. The van der Waals surface area contributed by atoms with Gasteiger partial charge in [0.1, 0.15) is 13.2 Å². The minimum atomic E-state index is -1.16. The van der Waals surface area contributed by atoms with Crippen LogP contribution in [-0.2, 0) is 38.2 Å². The summed E-state index contributed by atoms with van der Waals surface area (Å²) in [6.07, 6.45) is 2.42. The Balaban J connectivity index is 1.73. The summed E-state index contributed by atoms with van der Waals surface area (Å²) >= 11 is 0. The van der Waals surface area contributed by atoms with E-state index >= 15 is 0 Å². The number of benzene rings is 1. The number of aliphatic carboxylic acids is 1. The fraction of sp³-hybridized carbons (Fsp3) is 0.500. The van der Waals surface area contributed by atoms with Crippen molar-refractivity contribution < 1.29 is 57.7 Å². The number of ether oxygens (including phenoxy) is 4. The number of carboxylic acids is 1. The van der Waals surface area contributed by atoms with Crippen LogP contribution in [-0.4, -0.2) is 110 Å². The molecule has 1 aromatic carbocycles. The molecule has 1 heterocycles. The van der Waals surface area contributed by atoms with Gasteiger partial charge in [0.15, 0.2) is 11.5 Å². The van der Waals surface area contributed by atoms with Gasteiger partial charge in [-0.2, -0.15) is 0 Å². The van der Waals surface area contributed by atoms with E-state index in [1.807, 2.05) is 0 Å². The average molecular weight is 652 g/mol. The van der Waals surface area contributed by atoms with Crippen molar-refractivity contribution in [2.75, 3.05) is 59.8 Å². The molecule has 0 saturated carbocycles. The van der Waals surface area contributed by atoms with E-state index in [-0.39, 0.29) is 94.0 Å². The van der Waals surface area contributed by atoms with E-state index in [4.69, 9.17) is 24.1 Å². The van der Waals surface area contributed by atoms with Crippen molar-refractivity contribution in [1.82, 2.24) is 20.9 Å². The van der Waals surface area contributed by atoms with Crippen molar-refractivity contribution in [2.45, 2.75) is 32.2 Å². The van der Waals surface area contributed by atoms with Gasteiger partial charge in [-0.3, -0.25) is 43.8 Å². The summed E-state index contributed by atoms with van der Waals surface area (Å²) in [7, 11) is 1.35. The predicted molar refractivity (Wildman–Crippen MR) is 157 cm³/mol. The van der Waals surface area contributed by atoms with Crippen LogP contribution in [0.5, 0.6) is 11.5 Å². The molecule has 0 bridgehead atoms. The lowest BCUT2D eigenvalue weighted by atomic mass is 10.0. The molecule has 1 aromatic rings. The maximum atomic E-state index is 12.4. The van der Waals surface area contributed by atoms with Crippen LogP contribution in [0.4, 0.5) is 5.69 Å². The number of carbonyl (C=O) groups excluding carboxylic acids is 5. The molecule has 1 aliphatic heterocycles. The number of carboxylic acid groups (broad SMARTS) is 1. The molecule has 0 aromatic heterocycles. The number of imide groups is 1. The summed E-state index contributed by atoms with van der Waals surface area (Å²) in [6.45, 7) is 1.34. The monoisotopic (exact) mass is 651 g/mol. The molecule has 1 atom stereocenters. The Morgan fingerprint density at radius 2 is 1.63 bits per heavy atom.